The third-order valence-electron chi connectivity index (χ3n) is 3.52. The van der Waals surface area contributed by atoms with E-state index in [1.54, 1.807) is 0 Å². The number of sulfonamides is 1. The Labute approximate surface area is 121 Å². The molecule has 0 atom stereocenters. The van der Waals surface area contributed by atoms with Crippen molar-refractivity contribution in [3.8, 4) is 0 Å². The maximum absolute atomic E-state index is 13.7. The highest BCUT2D eigenvalue weighted by molar-refractivity contribution is 9.10. The summed E-state index contributed by atoms with van der Waals surface area (Å²) in [6, 6.07) is 3.90. The Hall–Kier alpha value is -0.460. The van der Waals surface area contributed by atoms with Gasteiger partial charge in [-0.2, -0.15) is 0 Å². The highest BCUT2D eigenvalue weighted by atomic mass is 79.9. The van der Waals surface area contributed by atoms with E-state index in [9.17, 15) is 12.8 Å². The van der Waals surface area contributed by atoms with Crippen LogP contribution >= 0.6 is 15.9 Å². The molecule has 1 N–H and O–H groups in total. The molecule has 0 saturated heterocycles. The molecule has 1 saturated carbocycles. The first-order valence-electron chi connectivity index (χ1n) is 6.36. The largest absolute Gasteiger partial charge is 0.243 e. The average molecular weight is 350 g/mol. The Morgan fingerprint density at radius 1 is 1.26 bits per heavy atom. The molecule has 106 valence electrons. The monoisotopic (exact) mass is 349 g/mol. The summed E-state index contributed by atoms with van der Waals surface area (Å²) < 4.78 is 41.1. The Morgan fingerprint density at radius 3 is 2.47 bits per heavy atom. The highest BCUT2D eigenvalue weighted by Crippen LogP contribution is 2.25. The number of hydrogen-bond acceptors (Lipinski definition) is 2. The molecule has 0 unspecified atom stereocenters. The van der Waals surface area contributed by atoms with Gasteiger partial charge in [0.05, 0.1) is 0 Å². The summed E-state index contributed by atoms with van der Waals surface area (Å²) in [5.41, 5.74) is 0. The molecule has 0 amide bonds. The van der Waals surface area contributed by atoms with Gasteiger partial charge in [0.1, 0.15) is 10.7 Å². The molecule has 0 spiro atoms. The summed E-state index contributed by atoms with van der Waals surface area (Å²) in [5.74, 6) is -0.0868. The van der Waals surface area contributed by atoms with Gasteiger partial charge in [0.2, 0.25) is 10.0 Å². The summed E-state index contributed by atoms with van der Waals surface area (Å²) in [4.78, 5) is -0.283. The third kappa shape index (κ3) is 3.77. The van der Waals surface area contributed by atoms with Crippen LogP contribution in [0.4, 0.5) is 4.39 Å². The van der Waals surface area contributed by atoms with E-state index >= 15 is 0 Å². The highest BCUT2D eigenvalue weighted by Gasteiger charge is 2.26. The second-order valence-electron chi connectivity index (χ2n) is 5.15. The Bertz CT molecular complexity index is 554. The van der Waals surface area contributed by atoms with Gasteiger partial charge in [-0.15, -0.1) is 0 Å². The molecule has 1 aliphatic rings. The molecule has 0 bridgehead atoms. The van der Waals surface area contributed by atoms with Crippen molar-refractivity contribution in [1.29, 1.82) is 0 Å². The van der Waals surface area contributed by atoms with Crippen molar-refractivity contribution in [2.75, 3.05) is 0 Å². The standard InChI is InChI=1S/C13H17BrFNO2S/c1-9-2-5-11(6-3-9)16-19(17,18)13-7-4-10(14)8-12(13)15/h4,7-9,11,16H,2-3,5-6H2,1H3. The van der Waals surface area contributed by atoms with Crippen molar-refractivity contribution in [3.63, 3.8) is 0 Å². The quantitative estimate of drug-likeness (QED) is 0.908. The summed E-state index contributed by atoms with van der Waals surface area (Å²) in [7, 11) is -3.77. The van der Waals surface area contributed by atoms with E-state index in [1.165, 1.54) is 12.1 Å². The second-order valence-corrected chi connectivity index (χ2v) is 7.75. The van der Waals surface area contributed by atoms with E-state index in [2.05, 4.69) is 27.6 Å². The topological polar surface area (TPSA) is 46.2 Å². The summed E-state index contributed by atoms with van der Waals surface area (Å²) in [5, 5.41) is 0. The molecular formula is C13H17BrFNO2S. The summed E-state index contributed by atoms with van der Waals surface area (Å²) in [6.45, 7) is 2.17. The summed E-state index contributed by atoms with van der Waals surface area (Å²) >= 11 is 3.11. The predicted molar refractivity (Wildman–Crippen MR) is 75.8 cm³/mol. The van der Waals surface area contributed by atoms with E-state index in [0.29, 0.717) is 10.4 Å². The van der Waals surface area contributed by atoms with Gasteiger partial charge < -0.3 is 0 Å². The fourth-order valence-corrected chi connectivity index (χ4v) is 4.05. The SMILES string of the molecule is CC1CCC(NS(=O)(=O)c2ccc(Br)cc2F)CC1. The molecule has 6 heteroatoms. The first-order chi connectivity index (χ1) is 8.88. The minimum absolute atomic E-state index is 0.0794. The van der Waals surface area contributed by atoms with Gasteiger partial charge in [-0.3, -0.25) is 0 Å². The molecule has 0 aromatic heterocycles. The van der Waals surface area contributed by atoms with Gasteiger partial charge in [0, 0.05) is 10.5 Å². The van der Waals surface area contributed by atoms with Crippen molar-refractivity contribution in [2.24, 2.45) is 5.92 Å². The maximum Gasteiger partial charge on any atom is 0.243 e. The van der Waals surface area contributed by atoms with E-state index in [0.717, 1.165) is 31.7 Å². The molecule has 1 fully saturated rings. The van der Waals surface area contributed by atoms with Crippen molar-refractivity contribution in [3.05, 3.63) is 28.5 Å². The summed E-state index contributed by atoms with van der Waals surface area (Å²) in [6.07, 6.45) is 3.66. The number of nitrogens with one attached hydrogen (secondary N) is 1. The fourth-order valence-electron chi connectivity index (χ4n) is 2.35. The van der Waals surface area contributed by atoms with Crippen molar-refractivity contribution < 1.29 is 12.8 Å². The van der Waals surface area contributed by atoms with Gasteiger partial charge in [-0.1, -0.05) is 22.9 Å². The van der Waals surface area contributed by atoms with Crippen LogP contribution in [0.2, 0.25) is 0 Å². The van der Waals surface area contributed by atoms with E-state index < -0.39 is 15.8 Å². The van der Waals surface area contributed by atoms with Crippen molar-refractivity contribution in [1.82, 2.24) is 4.72 Å². The number of hydrogen-bond donors (Lipinski definition) is 1. The van der Waals surface area contributed by atoms with Crippen LogP contribution < -0.4 is 4.72 Å². The first kappa shape index (κ1) is 14.9. The molecule has 2 rings (SSSR count). The Kier molecular flexibility index (Phi) is 4.63. The maximum atomic E-state index is 13.7. The van der Waals surface area contributed by atoms with Gasteiger partial charge in [0.25, 0.3) is 0 Å². The Morgan fingerprint density at radius 2 is 1.89 bits per heavy atom. The van der Waals surface area contributed by atoms with E-state index in [1.807, 2.05) is 0 Å². The van der Waals surface area contributed by atoms with E-state index in [4.69, 9.17) is 0 Å². The minimum atomic E-state index is -3.77. The number of rotatable bonds is 3. The van der Waals surface area contributed by atoms with Gasteiger partial charge >= 0.3 is 0 Å². The average Bonchev–Trinajstić information content (AvgIpc) is 2.31. The van der Waals surface area contributed by atoms with Crippen LogP contribution in [0.25, 0.3) is 0 Å². The lowest BCUT2D eigenvalue weighted by atomic mass is 9.88. The molecular weight excluding hydrogens is 333 g/mol. The fraction of sp³-hybridized carbons (Fsp3) is 0.538. The lowest BCUT2D eigenvalue weighted by Crippen LogP contribution is -2.37. The normalized spacial score (nSPS) is 24.4. The number of benzene rings is 1. The van der Waals surface area contributed by atoms with Gasteiger partial charge in [-0.25, -0.2) is 17.5 Å². The molecule has 0 heterocycles. The van der Waals surface area contributed by atoms with Crippen LogP contribution in [0.5, 0.6) is 0 Å². The number of halogens is 2. The smallest absolute Gasteiger partial charge is 0.208 e. The lowest BCUT2D eigenvalue weighted by Gasteiger charge is -2.26. The first-order valence-corrected chi connectivity index (χ1v) is 8.63. The zero-order chi connectivity index (χ0) is 14.0. The zero-order valence-corrected chi connectivity index (χ0v) is 13.1. The van der Waals surface area contributed by atoms with Crippen LogP contribution in [0.3, 0.4) is 0 Å². The van der Waals surface area contributed by atoms with E-state index in [-0.39, 0.29) is 10.9 Å². The Balaban J connectivity index is 2.14. The third-order valence-corrected chi connectivity index (χ3v) is 5.57. The van der Waals surface area contributed by atoms with Gasteiger partial charge in [-0.05, 0) is 49.8 Å². The van der Waals surface area contributed by atoms with Crippen molar-refractivity contribution >= 4 is 26.0 Å². The molecule has 1 aliphatic carbocycles. The molecule has 3 nitrogen and oxygen atoms in total. The minimum Gasteiger partial charge on any atom is -0.208 e. The molecule has 1 aromatic rings. The lowest BCUT2D eigenvalue weighted by molar-refractivity contribution is 0.332. The second kappa shape index (κ2) is 5.89. The zero-order valence-electron chi connectivity index (χ0n) is 10.7. The molecule has 19 heavy (non-hydrogen) atoms. The van der Waals surface area contributed by atoms with Crippen LogP contribution in [0.1, 0.15) is 32.6 Å². The molecule has 1 aromatic carbocycles. The van der Waals surface area contributed by atoms with Crippen LogP contribution in [-0.4, -0.2) is 14.5 Å². The molecule has 0 radical (unpaired) electrons. The molecule has 0 aliphatic heterocycles. The predicted octanol–water partition coefficient (Wildman–Crippen LogP) is 3.45. The van der Waals surface area contributed by atoms with Crippen LogP contribution in [0.15, 0.2) is 27.6 Å². The van der Waals surface area contributed by atoms with Crippen LogP contribution in [-0.2, 0) is 10.0 Å². The van der Waals surface area contributed by atoms with Gasteiger partial charge in [0.15, 0.2) is 0 Å². The van der Waals surface area contributed by atoms with Crippen LogP contribution in [0, 0.1) is 11.7 Å². The van der Waals surface area contributed by atoms with Crippen molar-refractivity contribution in [2.45, 2.75) is 43.5 Å².